The zero-order valence-electron chi connectivity index (χ0n) is 24.9. The topological polar surface area (TPSA) is 64.2 Å². The molecule has 2 atom stereocenters. The van der Waals surface area contributed by atoms with Gasteiger partial charge in [0.05, 0.1) is 31.2 Å². The van der Waals surface area contributed by atoms with E-state index in [2.05, 4.69) is 53.6 Å². The van der Waals surface area contributed by atoms with E-state index in [1.807, 2.05) is 61.0 Å². The molecule has 0 saturated carbocycles. The zero-order chi connectivity index (χ0) is 30.1. The molecule has 2 unspecified atom stereocenters. The first-order valence-corrected chi connectivity index (χ1v) is 14.3. The minimum Gasteiger partial charge on any atom is -0.456 e. The van der Waals surface area contributed by atoms with E-state index in [0.717, 1.165) is 55.0 Å². The van der Waals surface area contributed by atoms with Crippen LogP contribution in [0.3, 0.4) is 0 Å². The van der Waals surface area contributed by atoms with Gasteiger partial charge in [-0.3, -0.25) is 19.9 Å². The molecule has 0 N–H and O–H groups in total. The largest absolute Gasteiger partial charge is 0.456 e. The fourth-order valence-corrected chi connectivity index (χ4v) is 6.24. The molecule has 0 bridgehead atoms. The number of aromatic nitrogens is 3. The van der Waals surface area contributed by atoms with Crippen LogP contribution in [-0.2, 0) is 0 Å². The second kappa shape index (κ2) is 9.43. The molecule has 9 rings (SSSR count). The van der Waals surface area contributed by atoms with E-state index in [1.54, 1.807) is 12.3 Å². The van der Waals surface area contributed by atoms with E-state index < -0.39 is 0 Å². The van der Waals surface area contributed by atoms with Gasteiger partial charge in [-0.25, -0.2) is 0 Å². The van der Waals surface area contributed by atoms with Gasteiger partial charge in [0.15, 0.2) is 0 Å². The van der Waals surface area contributed by atoms with Crippen molar-refractivity contribution >= 4 is 50.0 Å². The molecule has 7 aromatic rings. The molecule has 4 aromatic heterocycles. The number of rotatable bonds is 3. The summed E-state index contributed by atoms with van der Waals surface area (Å²) in [7, 11) is 0. The first kappa shape index (κ1) is 22.0. The Bertz CT molecular complexity index is 2490. The van der Waals surface area contributed by atoms with Crippen LogP contribution in [0.25, 0.3) is 66.1 Å². The Kier molecular flexibility index (Phi) is 4.82. The van der Waals surface area contributed by atoms with Crippen LogP contribution in [0.5, 0.6) is 0 Å². The van der Waals surface area contributed by atoms with Crippen molar-refractivity contribution in [2.24, 2.45) is 4.99 Å². The molecule has 0 spiro atoms. The summed E-state index contributed by atoms with van der Waals surface area (Å²) in [6.45, 7) is 0. The smallest absolute Gasteiger partial charge is 0.136 e. The third-order valence-electron chi connectivity index (χ3n) is 8.35. The first-order valence-electron chi connectivity index (χ1n) is 15.3. The number of benzene rings is 3. The Morgan fingerprint density at radius 3 is 2.70 bits per heavy atom. The number of pyridine rings is 3. The number of furan rings is 1. The van der Waals surface area contributed by atoms with Crippen LogP contribution in [-0.4, -0.2) is 27.2 Å². The van der Waals surface area contributed by atoms with Crippen LogP contribution >= 0.6 is 0 Å². The highest BCUT2D eigenvalue weighted by Crippen LogP contribution is 2.38. The molecule has 3 aromatic carbocycles. The molecule has 5 heterocycles. The summed E-state index contributed by atoms with van der Waals surface area (Å²) in [5.41, 5.74) is 7.89. The average Bonchev–Trinajstić information content (AvgIpc) is 3.48. The van der Waals surface area contributed by atoms with Crippen molar-refractivity contribution in [3.8, 4) is 22.4 Å². The normalized spacial score (nSPS) is 18.3. The van der Waals surface area contributed by atoms with Gasteiger partial charge >= 0.3 is 0 Å². The maximum Gasteiger partial charge on any atom is 0.136 e. The average molecular weight is 555 g/mol. The predicted molar refractivity (Wildman–Crippen MR) is 174 cm³/mol. The number of allylic oxidation sites excluding steroid dienone is 3. The van der Waals surface area contributed by atoms with Gasteiger partial charge in [0, 0.05) is 57.2 Å². The van der Waals surface area contributed by atoms with Gasteiger partial charge in [0.1, 0.15) is 11.2 Å². The molecule has 0 fully saturated rings. The SMILES string of the molecule is [2H]c1cccc2c1oc1c([2H])c(-c3cc(-c4cnc5c(ccc6cccnc65)c4)cc(C4C=CC=C5C=CC=NC54)n3)ccc12. The lowest BCUT2D eigenvalue weighted by Gasteiger charge is -2.27. The number of dihydropyridines is 1. The van der Waals surface area contributed by atoms with E-state index in [1.165, 1.54) is 0 Å². The summed E-state index contributed by atoms with van der Waals surface area (Å²) in [5, 5.41) is 3.70. The molecule has 43 heavy (non-hydrogen) atoms. The van der Waals surface area contributed by atoms with Crippen LogP contribution < -0.4 is 0 Å². The van der Waals surface area contributed by atoms with Gasteiger partial charge in [-0.05, 0) is 59.6 Å². The highest BCUT2D eigenvalue weighted by atomic mass is 16.3. The number of para-hydroxylation sites is 1. The van der Waals surface area contributed by atoms with E-state index in [-0.39, 0.29) is 18.0 Å². The van der Waals surface area contributed by atoms with Gasteiger partial charge in [0.25, 0.3) is 0 Å². The Morgan fingerprint density at radius 2 is 1.70 bits per heavy atom. The lowest BCUT2D eigenvalue weighted by atomic mass is 9.84. The van der Waals surface area contributed by atoms with Gasteiger partial charge in [-0.2, -0.15) is 0 Å². The monoisotopic (exact) mass is 554 g/mol. The summed E-state index contributed by atoms with van der Waals surface area (Å²) >= 11 is 0. The summed E-state index contributed by atoms with van der Waals surface area (Å²) in [6, 6.07) is 24.3. The van der Waals surface area contributed by atoms with Gasteiger partial charge in [-0.1, -0.05) is 66.8 Å². The van der Waals surface area contributed by atoms with Crippen molar-refractivity contribution in [3.05, 3.63) is 139 Å². The number of aliphatic imine (C=N–C) groups is 1. The summed E-state index contributed by atoms with van der Waals surface area (Å²) in [6.07, 6.45) is 15.9. The number of hydrogen-bond donors (Lipinski definition) is 0. The Morgan fingerprint density at radius 1 is 0.767 bits per heavy atom. The molecule has 0 radical (unpaired) electrons. The quantitative estimate of drug-likeness (QED) is 0.205. The maximum atomic E-state index is 9.23. The van der Waals surface area contributed by atoms with E-state index in [4.69, 9.17) is 20.7 Å². The van der Waals surface area contributed by atoms with Crippen molar-refractivity contribution in [2.75, 3.05) is 0 Å². The Labute approximate surface area is 250 Å². The van der Waals surface area contributed by atoms with Crippen molar-refractivity contribution < 1.29 is 7.16 Å². The summed E-state index contributed by atoms with van der Waals surface area (Å²) < 4.78 is 23.7. The molecular weight excluding hydrogens is 528 g/mol. The third-order valence-corrected chi connectivity index (χ3v) is 8.35. The highest BCUT2D eigenvalue weighted by molar-refractivity contribution is 6.06. The Balaban J connectivity index is 1.25. The fourth-order valence-electron chi connectivity index (χ4n) is 6.24. The third kappa shape index (κ3) is 3.93. The molecule has 2 aliphatic rings. The Hall–Kier alpha value is -5.68. The number of hydrogen-bond acceptors (Lipinski definition) is 5. The van der Waals surface area contributed by atoms with Crippen LogP contribution in [0.4, 0.5) is 0 Å². The molecule has 1 aliphatic carbocycles. The zero-order valence-corrected chi connectivity index (χ0v) is 22.9. The molecule has 5 heteroatoms. The second-order valence-corrected chi connectivity index (χ2v) is 10.9. The van der Waals surface area contributed by atoms with Gasteiger partial charge in [0.2, 0.25) is 0 Å². The van der Waals surface area contributed by atoms with Crippen LogP contribution in [0.1, 0.15) is 14.4 Å². The first-order chi connectivity index (χ1) is 22.1. The fraction of sp³-hybridized carbons (Fsp3) is 0.0526. The maximum absolute atomic E-state index is 9.23. The number of nitrogens with zero attached hydrogens (tertiary/aromatic N) is 4. The summed E-state index contributed by atoms with van der Waals surface area (Å²) in [5.74, 6) is -0.0820. The van der Waals surface area contributed by atoms with Crippen molar-refractivity contribution in [3.63, 3.8) is 0 Å². The van der Waals surface area contributed by atoms with Crippen LogP contribution in [0.2, 0.25) is 0 Å². The number of fused-ring (bicyclic) bond motifs is 7. The molecule has 0 amide bonds. The summed E-state index contributed by atoms with van der Waals surface area (Å²) in [4.78, 5) is 19.5. The van der Waals surface area contributed by atoms with Gasteiger partial charge < -0.3 is 4.42 Å². The molecule has 202 valence electrons. The second-order valence-electron chi connectivity index (χ2n) is 10.9. The lowest BCUT2D eigenvalue weighted by molar-refractivity contribution is 0.669. The van der Waals surface area contributed by atoms with Crippen molar-refractivity contribution in [1.82, 2.24) is 15.0 Å². The minimum absolute atomic E-state index is 0.0773. The molecule has 0 saturated heterocycles. The van der Waals surface area contributed by atoms with Crippen molar-refractivity contribution in [2.45, 2.75) is 12.0 Å². The van der Waals surface area contributed by atoms with Gasteiger partial charge in [-0.15, -0.1) is 0 Å². The van der Waals surface area contributed by atoms with E-state index in [0.29, 0.717) is 28.5 Å². The molecular formula is C38H24N4O. The molecule has 1 aliphatic heterocycles. The van der Waals surface area contributed by atoms with E-state index in [9.17, 15) is 1.37 Å². The van der Waals surface area contributed by atoms with Crippen LogP contribution in [0, 0.1) is 0 Å². The van der Waals surface area contributed by atoms with E-state index >= 15 is 0 Å². The lowest BCUT2D eigenvalue weighted by Crippen LogP contribution is -2.22. The molecule has 5 nitrogen and oxygen atoms in total. The predicted octanol–water partition coefficient (Wildman–Crippen LogP) is 9.00. The van der Waals surface area contributed by atoms with Crippen molar-refractivity contribution in [1.29, 1.82) is 0 Å². The standard InChI is InChI=1S/C38H24N4O/c1-2-11-34-29(9-1)30-15-14-25(21-35(30)43-34)32-19-27(20-33(42-32)31-10-3-6-23-7-4-16-39-36(23)31)28-18-26-13-12-24-8-5-17-40-37(24)38(26)41-22-28/h1-22,31,36H/i11D,21D. The highest BCUT2D eigenvalue weighted by Gasteiger charge is 2.28. The minimum atomic E-state index is -0.0820. The van der Waals surface area contributed by atoms with Crippen LogP contribution in [0.15, 0.2) is 143 Å².